The smallest absolute Gasteiger partial charge is 0.314 e. The molecule has 10 nitrogen and oxygen atoms in total. The van der Waals surface area contributed by atoms with Gasteiger partial charge in [0.2, 0.25) is 11.8 Å². The van der Waals surface area contributed by atoms with Gasteiger partial charge in [-0.15, -0.1) is 0 Å². The van der Waals surface area contributed by atoms with Crippen molar-refractivity contribution >= 4 is 34.4 Å². The summed E-state index contributed by atoms with van der Waals surface area (Å²) in [5.41, 5.74) is 1.38. The van der Waals surface area contributed by atoms with E-state index in [1.54, 1.807) is 36.4 Å². The standard InChI is InChI=1S/C32H31N3O7/c1-15-11-19-23-24-25(30(38)34(29(24)37)17-9-7-6-8-10-17)26(32(19,14-16(15)2)31(39)42-5)35-27(23)33-20-13-22(41-4)21(40-3)12-18(20)28(35)36/h6-10,12-13,19,23-26H,11,14H2,1-5H3/t19-,23+,24-,25-,26+,32+/m0/s1. The lowest BCUT2D eigenvalue weighted by atomic mass is 9.45. The highest BCUT2D eigenvalue weighted by molar-refractivity contribution is 6.23. The maximum Gasteiger partial charge on any atom is 0.314 e. The van der Waals surface area contributed by atoms with Crippen LogP contribution in [-0.4, -0.2) is 48.7 Å². The molecule has 4 heterocycles. The first-order chi connectivity index (χ1) is 20.2. The minimum Gasteiger partial charge on any atom is -0.493 e. The first-order valence-electron chi connectivity index (χ1n) is 14.0. The number of hydrogen-bond acceptors (Lipinski definition) is 8. The van der Waals surface area contributed by atoms with Crippen LogP contribution >= 0.6 is 0 Å². The first kappa shape index (κ1) is 26.4. The molecule has 1 saturated carbocycles. The van der Waals surface area contributed by atoms with Crippen LogP contribution in [0.2, 0.25) is 0 Å². The predicted octanol–water partition coefficient (Wildman–Crippen LogP) is 3.78. The minimum absolute atomic E-state index is 0.271. The Kier molecular flexibility index (Phi) is 5.67. The molecule has 216 valence electrons. The maximum atomic E-state index is 14.5. The molecule has 42 heavy (non-hydrogen) atoms. The molecule has 1 saturated heterocycles. The van der Waals surface area contributed by atoms with Crippen LogP contribution in [0.3, 0.4) is 0 Å². The van der Waals surface area contributed by atoms with Crippen LogP contribution in [0.15, 0.2) is 58.4 Å². The van der Waals surface area contributed by atoms with Gasteiger partial charge in [-0.2, -0.15) is 0 Å². The Morgan fingerprint density at radius 2 is 1.57 bits per heavy atom. The molecule has 2 aliphatic carbocycles. The van der Waals surface area contributed by atoms with Crippen LogP contribution < -0.4 is 19.9 Å². The second kappa shape index (κ2) is 9.01. The first-order valence-corrected chi connectivity index (χ1v) is 14.0. The van der Waals surface area contributed by atoms with E-state index in [4.69, 9.17) is 19.2 Å². The average Bonchev–Trinajstić information content (AvgIpc) is 3.26. The number of methoxy groups -OCH3 is 3. The number of ether oxygens (including phenoxy) is 3. The molecule has 3 aliphatic heterocycles. The van der Waals surface area contributed by atoms with Gasteiger partial charge in [-0.3, -0.25) is 23.7 Å². The van der Waals surface area contributed by atoms with E-state index < -0.39 is 52.6 Å². The molecule has 0 N–H and O–H groups in total. The summed E-state index contributed by atoms with van der Waals surface area (Å²) < 4.78 is 18.0. The highest BCUT2D eigenvalue weighted by atomic mass is 16.5. The number of esters is 1. The predicted molar refractivity (Wildman–Crippen MR) is 152 cm³/mol. The number of fused-ring (bicyclic) bond motifs is 1. The third-order valence-electron chi connectivity index (χ3n) is 10.1. The zero-order valence-electron chi connectivity index (χ0n) is 24.0. The Morgan fingerprint density at radius 3 is 2.24 bits per heavy atom. The van der Waals surface area contributed by atoms with E-state index in [0.717, 1.165) is 11.1 Å². The van der Waals surface area contributed by atoms with Crippen molar-refractivity contribution in [1.29, 1.82) is 0 Å². The summed E-state index contributed by atoms with van der Waals surface area (Å²) in [5.74, 6) is -2.81. The van der Waals surface area contributed by atoms with Crippen molar-refractivity contribution in [1.82, 2.24) is 9.55 Å². The number of nitrogens with zero attached hydrogens (tertiary/aromatic N) is 3. The summed E-state index contributed by atoms with van der Waals surface area (Å²) in [5, 5.41) is 0.271. The van der Waals surface area contributed by atoms with E-state index >= 15 is 0 Å². The fraction of sp³-hybridized carbons (Fsp3) is 0.406. The van der Waals surface area contributed by atoms with Crippen LogP contribution in [0.4, 0.5) is 5.69 Å². The summed E-state index contributed by atoms with van der Waals surface area (Å²) in [6.07, 6.45) is 0.848. The van der Waals surface area contributed by atoms with Gasteiger partial charge in [-0.05, 0) is 50.8 Å². The van der Waals surface area contributed by atoms with Gasteiger partial charge in [0.1, 0.15) is 5.82 Å². The van der Waals surface area contributed by atoms with Gasteiger partial charge < -0.3 is 14.2 Å². The second-order valence-corrected chi connectivity index (χ2v) is 11.8. The number of rotatable bonds is 4. The van der Waals surface area contributed by atoms with Gasteiger partial charge in [0.05, 0.1) is 61.2 Å². The number of aromatic nitrogens is 2. The van der Waals surface area contributed by atoms with Gasteiger partial charge in [0.15, 0.2) is 11.5 Å². The molecule has 10 heteroatoms. The van der Waals surface area contributed by atoms with Crippen molar-refractivity contribution in [2.24, 2.45) is 23.2 Å². The quantitative estimate of drug-likeness (QED) is 0.265. The lowest BCUT2D eigenvalue weighted by Gasteiger charge is -2.60. The molecule has 2 fully saturated rings. The van der Waals surface area contributed by atoms with Crippen LogP contribution in [0.25, 0.3) is 10.9 Å². The SMILES string of the molecule is COC(=O)[C@]12CC(C)=C(C)C[C@H]1[C@H]1c3nc4cc(OC)c(OC)cc4c(=O)n3[C@@H]2[C@H]2C(=O)N(c3ccccc3)C(=O)[C@H]21. The normalized spacial score (nSPS) is 29.4. The van der Waals surface area contributed by atoms with E-state index in [1.807, 2.05) is 19.9 Å². The highest BCUT2D eigenvalue weighted by Crippen LogP contribution is 2.69. The maximum absolute atomic E-state index is 14.5. The van der Waals surface area contributed by atoms with Crippen molar-refractivity contribution in [2.75, 3.05) is 26.2 Å². The van der Waals surface area contributed by atoms with Gasteiger partial charge in [0, 0.05) is 12.0 Å². The minimum atomic E-state index is -1.23. The van der Waals surface area contributed by atoms with Gasteiger partial charge >= 0.3 is 5.97 Å². The number of carbonyl (C=O) groups excluding carboxylic acids is 3. The fourth-order valence-electron chi connectivity index (χ4n) is 8.32. The van der Waals surface area contributed by atoms with Crippen LogP contribution in [-0.2, 0) is 19.1 Å². The molecule has 1 aromatic heterocycles. The number of allylic oxidation sites excluding steroid dienone is 2. The van der Waals surface area contributed by atoms with Crippen molar-refractivity contribution in [3.05, 3.63) is 69.8 Å². The molecular weight excluding hydrogens is 538 g/mol. The average molecular weight is 570 g/mol. The number of amides is 2. The van der Waals surface area contributed by atoms with Crippen LogP contribution in [0.5, 0.6) is 11.5 Å². The highest BCUT2D eigenvalue weighted by Gasteiger charge is 2.74. The summed E-state index contributed by atoms with van der Waals surface area (Å²) in [6.45, 7) is 4.01. The molecule has 8 rings (SSSR count). The summed E-state index contributed by atoms with van der Waals surface area (Å²) >= 11 is 0. The molecule has 2 aromatic carbocycles. The van der Waals surface area contributed by atoms with E-state index in [1.165, 1.54) is 30.8 Å². The molecule has 3 aromatic rings. The van der Waals surface area contributed by atoms with Crippen LogP contribution in [0.1, 0.15) is 44.5 Å². The van der Waals surface area contributed by atoms with E-state index in [2.05, 4.69) is 0 Å². The summed E-state index contributed by atoms with van der Waals surface area (Å²) in [7, 11) is 4.33. The Hall–Kier alpha value is -4.47. The van der Waals surface area contributed by atoms with Crippen molar-refractivity contribution in [2.45, 2.75) is 38.6 Å². The van der Waals surface area contributed by atoms with Crippen molar-refractivity contribution < 1.29 is 28.6 Å². The molecule has 5 aliphatic rings. The second-order valence-electron chi connectivity index (χ2n) is 11.8. The molecule has 2 bridgehead atoms. The Morgan fingerprint density at radius 1 is 0.905 bits per heavy atom. The van der Waals surface area contributed by atoms with Gasteiger partial charge in [-0.1, -0.05) is 29.3 Å². The Labute approximate surface area is 241 Å². The van der Waals surface area contributed by atoms with Crippen molar-refractivity contribution in [3.63, 3.8) is 0 Å². The fourth-order valence-corrected chi connectivity index (χ4v) is 8.32. The molecule has 6 atom stereocenters. The number of benzene rings is 2. The lowest BCUT2D eigenvalue weighted by molar-refractivity contribution is -0.179. The molecular formula is C32H31N3O7. The van der Waals surface area contributed by atoms with Crippen molar-refractivity contribution in [3.8, 4) is 11.5 Å². The molecule has 2 amide bonds. The molecule has 0 spiro atoms. The monoisotopic (exact) mass is 569 g/mol. The Bertz CT molecular complexity index is 1800. The summed E-state index contributed by atoms with van der Waals surface area (Å²) in [6, 6.07) is 11.1. The molecule has 0 unspecified atom stereocenters. The zero-order valence-corrected chi connectivity index (χ0v) is 24.0. The number of anilines is 1. The van der Waals surface area contributed by atoms with Gasteiger partial charge in [0.25, 0.3) is 5.56 Å². The number of hydrogen-bond donors (Lipinski definition) is 0. The zero-order chi connectivity index (χ0) is 29.7. The van der Waals surface area contributed by atoms with E-state index in [-0.39, 0.29) is 11.3 Å². The Balaban J connectivity index is 1.56. The van der Waals surface area contributed by atoms with E-state index in [9.17, 15) is 19.2 Å². The third kappa shape index (κ3) is 3.12. The topological polar surface area (TPSA) is 117 Å². The van der Waals surface area contributed by atoms with Crippen LogP contribution in [0, 0.1) is 23.2 Å². The van der Waals surface area contributed by atoms with E-state index in [0.29, 0.717) is 41.4 Å². The largest absolute Gasteiger partial charge is 0.493 e. The summed E-state index contributed by atoms with van der Waals surface area (Å²) in [4.78, 5) is 63.4. The molecule has 0 radical (unpaired) electrons. The van der Waals surface area contributed by atoms with Gasteiger partial charge in [-0.25, -0.2) is 9.88 Å². The number of para-hydroxylation sites is 1. The lowest BCUT2D eigenvalue weighted by Crippen LogP contribution is -2.65. The third-order valence-corrected chi connectivity index (χ3v) is 10.1. The number of imide groups is 1. The number of carbonyl (C=O) groups is 3.